The largest absolute Gasteiger partial charge is 0.0996 e. The summed E-state index contributed by atoms with van der Waals surface area (Å²) >= 11 is 0. The average Bonchev–Trinajstić information content (AvgIpc) is 3.26. The van der Waals surface area contributed by atoms with Crippen LogP contribution in [0.3, 0.4) is 0 Å². The second-order valence-electron chi connectivity index (χ2n) is 8.61. The highest BCUT2D eigenvalue weighted by atomic mass is 14.6. The molecule has 0 N–H and O–H groups in total. The topological polar surface area (TPSA) is 0 Å². The second kappa shape index (κ2) is 4.49. The van der Waals surface area contributed by atoms with E-state index in [-0.39, 0.29) is 0 Å². The van der Waals surface area contributed by atoms with E-state index in [0.717, 1.165) is 34.5 Å². The fraction of sp³-hybridized carbons (Fsp3) is 0.800. The van der Waals surface area contributed by atoms with Gasteiger partial charge in [-0.3, -0.25) is 0 Å². The molecule has 4 unspecified atom stereocenters. The van der Waals surface area contributed by atoms with Crippen LogP contribution in [0.15, 0.2) is 24.3 Å². The molecule has 0 spiro atoms. The number of hydrogen-bond acceptors (Lipinski definition) is 0. The first-order valence-electron chi connectivity index (χ1n) is 8.69. The molecule has 4 fully saturated rings. The monoisotopic (exact) mass is 272 g/mol. The normalized spacial score (nSPS) is 44.3. The Hall–Kier alpha value is -0.520. The van der Waals surface area contributed by atoms with Gasteiger partial charge in [-0.25, -0.2) is 0 Å². The van der Waals surface area contributed by atoms with Crippen molar-refractivity contribution in [2.24, 2.45) is 34.5 Å². The summed E-state index contributed by atoms with van der Waals surface area (Å²) in [5.41, 5.74) is 4.54. The Morgan fingerprint density at radius 3 is 1.25 bits per heavy atom. The van der Waals surface area contributed by atoms with Crippen LogP contribution < -0.4 is 0 Å². The fourth-order valence-electron chi connectivity index (χ4n) is 5.29. The average molecular weight is 272 g/mol. The first-order chi connectivity index (χ1) is 9.33. The standard InChI is InChI=1S/2C10H16/c2*1-7(2)10-5-4-8(3)9(10)6-10/h2*7,9H,3-6H2,1-2H3. The lowest BCUT2D eigenvalue weighted by Crippen LogP contribution is -2.07. The van der Waals surface area contributed by atoms with E-state index in [1.165, 1.54) is 49.7 Å². The van der Waals surface area contributed by atoms with Crippen molar-refractivity contribution in [2.75, 3.05) is 0 Å². The number of allylic oxidation sites excluding steroid dienone is 2. The van der Waals surface area contributed by atoms with Crippen molar-refractivity contribution in [3.05, 3.63) is 24.3 Å². The van der Waals surface area contributed by atoms with Gasteiger partial charge in [-0.1, -0.05) is 52.0 Å². The van der Waals surface area contributed by atoms with Gasteiger partial charge in [0.25, 0.3) is 0 Å². The summed E-state index contributed by atoms with van der Waals surface area (Å²) in [6.07, 6.45) is 8.36. The van der Waals surface area contributed by atoms with Crippen molar-refractivity contribution in [3.63, 3.8) is 0 Å². The zero-order chi connectivity index (χ0) is 14.7. The number of hydrogen-bond donors (Lipinski definition) is 0. The summed E-state index contributed by atoms with van der Waals surface area (Å²) in [4.78, 5) is 0. The van der Waals surface area contributed by atoms with Gasteiger partial charge in [0.2, 0.25) is 0 Å². The Balaban J connectivity index is 0.000000121. The summed E-state index contributed by atoms with van der Waals surface area (Å²) in [5, 5.41) is 0. The SMILES string of the molecule is C=C1CCC2(C(C)C)CC12.C=C1CCC2(C(C)C)CC12. The van der Waals surface area contributed by atoms with Gasteiger partial charge in [0.1, 0.15) is 0 Å². The minimum atomic E-state index is 0.733. The molecule has 0 aliphatic heterocycles. The molecule has 0 bridgehead atoms. The van der Waals surface area contributed by atoms with Crippen LogP contribution in [0, 0.1) is 34.5 Å². The molecule has 20 heavy (non-hydrogen) atoms. The van der Waals surface area contributed by atoms with Crippen molar-refractivity contribution in [3.8, 4) is 0 Å². The maximum atomic E-state index is 4.10. The Morgan fingerprint density at radius 2 is 1.15 bits per heavy atom. The van der Waals surface area contributed by atoms with Gasteiger partial charge in [0, 0.05) is 0 Å². The van der Waals surface area contributed by atoms with Crippen LogP contribution in [0.25, 0.3) is 0 Å². The Labute approximate surface area is 125 Å². The molecule has 4 aliphatic rings. The summed E-state index contributed by atoms with van der Waals surface area (Å²) in [6, 6.07) is 0. The first kappa shape index (κ1) is 14.4. The van der Waals surface area contributed by atoms with Gasteiger partial charge >= 0.3 is 0 Å². The van der Waals surface area contributed by atoms with Crippen molar-refractivity contribution in [1.82, 2.24) is 0 Å². The third kappa shape index (κ3) is 1.94. The van der Waals surface area contributed by atoms with Gasteiger partial charge in [0.05, 0.1) is 0 Å². The molecule has 4 aliphatic carbocycles. The lowest BCUT2D eigenvalue weighted by Gasteiger charge is -2.15. The molecule has 0 heteroatoms. The highest BCUT2D eigenvalue weighted by molar-refractivity contribution is 5.26. The molecule has 0 aromatic carbocycles. The number of rotatable bonds is 2. The van der Waals surface area contributed by atoms with Crippen molar-refractivity contribution < 1.29 is 0 Å². The van der Waals surface area contributed by atoms with Gasteiger partial charge in [-0.2, -0.15) is 0 Å². The second-order valence-corrected chi connectivity index (χ2v) is 8.61. The zero-order valence-electron chi connectivity index (χ0n) is 14.0. The Bertz CT molecular complexity index is 399. The molecule has 0 saturated heterocycles. The van der Waals surface area contributed by atoms with Gasteiger partial charge in [-0.05, 0) is 73.0 Å². The van der Waals surface area contributed by atoms with Crippen LogP contribution in [0.5, 0.6) is 0 Å². The van der Waals surface area contributed by atoms with E-state index in [0.29, 0.717) is 0 Å². The molecule has 4 rings (SSSR count). The van der Waals surface area contributed by atoms with E-state index in [4.69, 9.17) is 0 Å². The quantitative estimate of drug-likeness (QED) is 0.541. The predicted molar refractivity (Wildman–Crippen MR) is 87.5 cm³/mol. The molecule has 0 aromatic rings. The van der Waals surface area contributed by atoms with Gasteiger partial charge in [0.15, 0.2) is 0 Å². The first-order valence-corrected chi connectivity index (χ1v) is 8.69. The van der Waals surface area contributed by atoms with E-state index >= 15 is 0 Å². The van der Waals surface area contributed by atoms with Crippen LogP contribution in [0.1, 0.15) is 66.2 Å². The summed E-state index contributed by atoms with van der Waals surface area (Å²) in [6.45, 7) is 17.6. The van der Waals surface area contributed by atoms with Crippen LogP contribution in [0.4, 0.5) is 0 Å². The predicted octanol–water partition coefficient (Wildman–Crippen LogP) is 6.00. The Morgan fingerprint density at radius 1 is 0.800 bits per heavy atom. The molecular weight excluding hydrogens is 240 g/mol. The molecular formula is C20H32. The molecule has 4 atom stereocenters. The minimum Gasteiger partial charge on any atom is -0.0996 e. The zero-order valence-corrected chi connectivity index (χ0v) is 14.0. The summed E-state index contributed by atoms with van der Waals surface area (Å²) < 4.78 is 0. The van der Waals surface area contributed by atoms with E-state index in [1.54, 1.807) is 0 Å². The lowest BCUT2D eigenvalue weighted by molar-refractivity contribution is 0.344. The third-order valence-corrected chi connectivity index (χ3v) is 7.34. The molecule has 0 nitrogen and oxygen atoms in total. The molecule has 4 saturated carbocycles. The van der Waals surface area contributed by atoms with E-state index < -0.39 is 0 Å². The molecule has 0 radical (unpaired) electrons. The van der Waals surface area contributed by atoms with E-state index in [1.807, 2.05) is 0 Å². The van der Waals surface area contributed by atoms with Gasteiger partial charge in [-0.15, -0.1) is 0 Å². The highest BCUT2D eigenvalue weighted by Crippen LogP contribution is 2.69. The van der Waals surface area contributed by atoms with E-state index in [2.05, 4.69) is 40.9 Å². The van der Waals surface area contributed by atoms with Crippen LogP contribution >= 0.6 is 0 Å². The summed E-state index contributed by atoms with van der Waals surface area (Å²) in [7, 11) is 0. The third-order valence-electron chi connectivity index (χ3n) is 7.34. The van der Waals surface area contributed by atoms with Crippen molar-refractivity contribution in [2.45, 2.75) is 66.2 Å². The fourth-order valence-corrected chi connectivity index (χ4v) is 5.29. The molecule has 0 aromatic heterocycles. The number of fused-ring (bicyclic) bond motifs is 2. The smallest absolute Gasteiger partial charge is 0.0141 e. The minimum absolute atomic E-state index is 0.733. The van der Waals surface area contributed by atoms with Crippen LogP contribution in [0.2, 0.25) is 0 Å². The maximum Gasteiger partial charge on any atom is -0.0141 e. The molecule has 0 amide bonds. The van der Waals surface area contributed by atoms with E-state index in [9.17, 15) is 0 Å². The van der Waals surface area contributed by atoms with Crippen molar-refractivity contribution >= 4 is 0 Å². The van der Waals surface area contributed by atoms with Crippen LogP contribution in [-0.4, -0.2) is 0 Å². The van der Waals surface area contributed by atoms with Crippen LogP contribution in [-0.2, 0) is 0 Å². The lowest BCUT2D eigenvalue weighted by atomic mass is 9.90. The maximum absolute atomic E-state index is 4.10. The molecule has 112 valence electrons. The van der Waals surface area contributed by atoms with Gasteiger partial charge < -0.3 is 0 Å². The Kier molecular flexibility index (Phi) is 3.23. The molecule has 0 heterocycles. The highest BCUT2D eigenvalue weighted by Gasteiger charge is 2.60. The summed E-state index contributed by atoms with van der Waals surface area (Å²) in [5.74, 6) is 3.62. The van der Waals surface area contributed by atoms with Crippen molar-refractivity contribution in [1.29, 1.82) is 0 Å².